The van der Waals surface area contributed by atoms with Crippen LogP contribution in [0.1, 0.15) is 16.1 Å². The minimum absolute atomic E-state index is 0.647. The van der Waals surface area contributed by atoms with Gasteiger partial charge >= 0.3 is 0 Å². The third kappa shape index (κ3) is 3.92. The molecule has 118 valence electrons. The molecule has 2 aromatic carbocycles. The molecule has 2 nitrogen and oxygen atoms in total. The van der Waals surface area contributed by atoms with Crippen molar-refractivity contribution in [1.82, 2.24) is 4.98 Å². The number of aromatic nitrogens is 1. The number of rotatable bonds is 5. The summed E-state index contributed by atoms with van der Waals surface area (Å²) in [5, 5.41) is 1.71. The third-order valence-corrected chi connectivity index (χ3v) is 5.16. The lowest BCUT2D eigenvalue weighted by Gasteiger charge is -2.06. The molecule has 0 fully saturated rings. The quantitative estimate of drug-likeness (QED) is 0.592. The molecule has 0 radical (unpaired) electrons. The van der Waals surface area contributed by atoms with Crippen LogP contribution in [0.5, 0.6) is 5.75 Å². The lowest BCUT2D eigenvalue weighted by Crippen LogP contribution is -2.01. The SMILES string of the molecule is Cc1cccc(OCCc2sc(-c3ccccc3Cl)nc2C)c1. The van der Waals surface area contributed by atoms with Gasteiger partial charge in [-0.05, 0) is 37.6 Å². The van der Waals surface area contributed by atoms with Gasteiger partial charge in [0.15, 0.2) is 0 Å². The predicted molar refractivity (Wildman–Crippen MR) is 97.7 cm³/mol. The summed E-state index contributed by atoms with van der Waals surface area (Å²) in [6, 6.07) is 15.9. The second kappa shape index (κ2) is 7.16. The van der Waals surface area contributed by atoms with Gasteiger partial charge in [-0.2, -0.15) is 0 Å². The van der Waals surface area contributed by atoms with Crippen molar-refractivity contribution in [3.05, 3.63) is 69.7 Å². The largest absolute Gasteiger partial charge is 0.493 e. The van der Waals surface area contributed by atoms with E-state index in [-0.39, 0.29) is 0 Å². The molecule has 0 saturated heterocycles. The van der Waals surface area contributed by atoms with Gasteiger partial charge < -0.3 is 4.74 Å². The fourth-order valence-electron chi connectivity index (χ4n) is 2.38. The number of hydrogen-bond acceptors (Lipinski definition) is 3. The number of nitrogens with zero attached hydrogens (tertiary/aromatic N) is 1. The van der Waals surface area contributed by atoms with E-state index in [1.165, 1.54) is 10.4 Å². The van der Waals surface area contributed by atoms with Crippen LogP contribution in [-0.4, -0.2) is 11.6 Å². The third-order valence-electron chi connectivity index (χ3n) is 3.58. The molecule has 0 atom stereocenters. The van der Waals surface area contributed by atoms with Gasteiger partial charge in [-0.1, -0.05) is 41.9 Å². The highest BCUT2D eigenvalue weighted by Crippen LogP contribution is 2.32. The van der Waals surface area contributed by atoms with Gasteiger partial charge in [0.2, 0.25) is 0 Å². The number of thiazole rings is 1. The Morgan fingerprint density at radius 1 is 1.09 bits per heavy atom. The molecule has 0 saturated carbocycles. The molecule has 3 aromatic rings. The predicted octanol–water partition coefficient (Wildman–Crippen LogP) is 5.70. The van der Waals surface area contributed by atoms with Gasteiger partial charge in [-0.25, -0.2) is 4.98 Å². The molecule has 0 spiro atoms. The van der Waals surface area contributed by atoms with E-state index in [1.54, 1.807) is 11.3 Å². The molecule has 1 heterocycles. The zero-order valence-corrected chi connectivity index (χ0v) is 14.7. The number of halogens is 1. The number of hydrogen-bond donors (Lipinski definition) is 0. The van der Waals surface area contributed by atoms with Crippen LogP contribution in [0.2, 0.25) is 5.02 Å². The minimum atomic E-state index is 0.647. The zero-order valence-electron chi connectivity index (χ0n) is 13.2. The van der Waals surface area contributed by atoms with Gasteiger partial charge in [0, 0.05) is 16.9 Å². The molecule has 0 N–H and O–H groups in total. The Balaban J connectivity index is 1.68. The Hall–Kier alpha value is -1.84. The van der Waals surface area contributed by atoms with Crippen LogP contribution in [0.4, 0.5) is 0 Å². The van der Waals surface area contributed by atoms with E-state index in [2.05, 4.69) is 24.0 Å². The minimum Gasteiger partial charge on any atom is -0.493 e. The second-order valence-corrected chi connectivity index (χ2v) is 6.91. The molecule has 0 bridgehead atoms. The van der Waals surface area contributed by atoms with E-state index < -0.39 is 0 Å². The molecule has 0 unspecified atom stereocenters. The lowest BCUT2D eigenvalue weighted by molar-refractivity contribution is 0.322. The Morgan fingerprint density at radius 2 is 1.91 bits per heavy atom. The van der Waals surface area contributed by atoms with Crippen LogP contribution in [0.3, 0.4) is 0 Å². The first-order valence-electron chi connectivity index (χ1n) is 7.54. The van der Waals surface area contributed by atoms with Crippen LogP contribution in [-0.2, 0) is 6.42 Å². The lowest BCUT2D eigenvalue weighted by atomic mass is 10.2. The molecular weight excluding hydrogens is 326 g/mol. The molecule has 0 aliphatic carbocycles. The Kier molecular flexibility index (Phi) is 4.99. The van der Waals surface area contributed by atoms with Crippen molar-refractivity contribution in [2.24, 2.45) is 0 Å². The normalized spacial score (nSPS) is 10.7. The van der Waals surface area contributed by atoms with Crippen molar-refractivity contribution >= 4 is 22.9 Å². The highest BCUT2D eigenvalue weighted by molar-refractivity contribution is 7.15. The maximum absolute atomic E-state index is 6.26. The molecule has 23 heavy (non-hydrogen) atoms. The fraction of sp³-hybridized carbons (Fsp3) is 0.211. The van der Waals surface area contributed by atoms with Crippen molar-refractivity contribution in [3.63, 3.8) is 0 Å². The fourth-order valence-corrected chi connectivity index (χ4v) is 3.74. The monoisotopic (exact) mass is 343 g/mol. The summed E-state index contributed by atoms with van der Waals surface area (Å²) in [5.41, 5.74) is 3.25. The van der Waals surface area contributed by atoms with E-state index in [9.17, 15) is 0 Å². The first kappa shape index (κ1) is 16.0. The average Bonchev–Trinajstić information content (AvgIpc) is 2.89. The number of ether oxygens (including phenoxy) is 1. The van der Waals surface area contributed by atoms with Crippen LogP contribution in [0.25, 0.3) is 10.6 Å². The molecular formula is C19H18ClNOS. The van der Waals surface area contributed by atoms with E-state index in [1.807, 2.05) is 43.3 Å². The molecule has 1 aromatic heterocycles. The average molecular weight is 344 g/mol. The van der Waals surface area contributed by atoms with Crippen LogP contribution < -0.4 is 4.74 Å². The van der Waals surface area contributed by atoms with Crippen LogP contribution in [0, 0.1) is 13.8 Å². The Labute approximate surface area is 145 Å². The van der Waals surface area contributed by atoms with E-state index in [0.29, 0.717) is 6.61 Å². The summed E-state index contributed by atoms with van der Waals surface area (Å²) >= 11 is 7.95. The summed E-state index contributed by atoms with van der Waals surface area (Å²) in [7, 11) is 0. The van der Waals surface area contributed by atoms with Gasteiger partial charge in [0.1, 0.15) is 10.8 Å². The summed E-state index contributed by atoms with van der Waals surface area (Å²) in [6.45, 7) is 4.75. The standard InChI is InChI=1S/C19H18ClNOS/c1-13-6-5-7-15(12-13)22-11-10-18-14(2)21-19(23-18)16-8-3-4-9-17(16)20/h3-9,12H,10-11H2,1-2H3. The van der Waals surface area contributed by atoms with E-state index >= 15 is 0 Å². The molecule has 3 rings (SSSR count). The van der Waals surface area contributed by atoms with Gasteiger partial charge in [0.05, 0.1) is 17.3 Å². The zero-order chi connectivity index (χ0) is 16.2. The first-order valence-corrected chi connectivity index (χ1v) is 8.73. The van der Waals surface area contributed by atoms with E-state index in [4.69, 9.17) is 16.3 Å². The maximum atomic E-state index is 6.26. The number of benzene rings is 2. The smallest absolute Gasteiger partial charge is 0.125 e. The van der Waals surface area contributed by atoms with Crippen LogP contribution >= 0.6 is 22.9 Å². The van der Waals surface area contributed by atoms with Gasteiger partial charge in [0.25, 0.3) is 0 Å². The van der Waals surface area contributed by atoms with Crippen molar-refractivity contribution < 1.29 is 4.74 Å². The summed E-state index contributed by atoms with van der Waals surface area (Å²) in [5.74, 6) is 0.915. The number of aryl methyl sites for hydroxylation is 2. The highest BCUT2D eigenvalue weighted by Gasteiger charge is 2.11. The van der Waals surface area contributed by atoms with Crippen molar-refractivity contribution in [2.75, 3.05) is 6.61 Å². The van der Waals surface area contributed by atoms with Crippen molar-refractivity contribution in [2.45, 2.75) is 20.3 Å². The van der Waals surface area contributed by atoms with Crippen molar-refractivity contribution in [3.8, 4) is 16.3 Å². The Morgan fingerprint density at radius 3 is 2.70 bits per heavy atom. The highest BCUT2D eigenvalue weighted by atomic mass is 35.5. The molecule has 0 aliphatic rings. The summed E-state index contributed by atoms with van der Waals surface area (Å²) in [6.07, 6.45) is 0.849. The summed E-state index contributed by atoms with van der Waals surface area (Å²) < 4.78 is 5.84. The summed E-state index contributed by atoms with van der Waals surface area (Å²) in [4.78, 5) is 5.90. The molecule has 0 amide bonds. The second-order valence-electron chi connectivity index (χ2n) is 5.42. The molecule has 0 aliphatic heterocycles. The van der Waals surface area contributed by atoms with Crippen molar-refractivity contribution in [1.29, 1.82) is 0 Å². The van der Waals surface area contributed by atoms with Gasteiger partial charge in [-0.3, -0.25) is 0 Å². The first-order chi connectivity index (χ1) is 11.1. The van der Waals surface area contributed by atoms with Crippen LogP contribution in [0.15, 0.2) is 48.5 Å². The topological polar surface area (TPSA) is 22.1 Å². The Bertz CT molecular complexity index is 813. The van der Waals surface area contributed by atoms with Gasteiger partial charge in [-0.15, -0.1) is 11.3 Å². The molecule has 4 heteroatoms. The van der Waals surface area contributed by atoms with E-state index in [0.717, 1.165) is 33.5 Å². The maximum Gasteiger partial charge on any atom is 0.125 e.